The molecule has 0 aliphatic carbocycles. The Kier molecular flexibility index (Phi) is 4.08. The van der Waals surface area contributed by atoms with Crippen molar-refractivity contribution >= 4 is 7.32 Å². The lowest BCUT2D eigenvalue weighted by Crippen LogP contribution is -2.26. The lowest BCUT2D eigenvalue weighted by atomic mass is 10.2. The van der Waals surface area contributed by atoms with E-state index in [0.29, 0.717) is 5.75 Å². The van der Waals surface area contributed by atoms with Crippen molar-refractivity contribution in [1.29, 1.82) is 0 Å². The molecule has 0 unspecified atom stereocenters. The van der Waals surface area contributed by atoms with Crippen LogP contribution in [0.2, 0.25) is 0 Å². The summed E-state index contributed by atoms with van der Waals surface area (Å²) in [5.74, 6) is 0.569. The van der Waals surface area contributed by atoms with Crippen molar-refractivity contribution in [3.63, 3.8) is 0 Å². The molecule has 0 fully saturated rings. The minimum atomic E-state index is -1.24. The molecule has 0 amide bonds. The molecule has 0 bridgehead atoms. The average Bonchev–Trinajstić information content (AvgIpc) is 2.16. The summed E-state index contributed by atoms with van der Waals surface area (Å²) in [6, 6.07) is 8.97. The van der Waals surface area contributed by atoms with E-state index in [1.807, 2.05) is 18.2 Å². The van der Waals surface area contributed by atoms with Gasteiger partial charge in [-0.3, -0.25) is 0 Å². The molecule has 0 spiro atoms. The third kappa shape index (κ3) is 3.78. The first-order valence-electron chi connectivity index (χ1n) is 3.95. The van der Waals surface area contributed by atoms with Gasteiger partial charge in [-0.25, -0.2) is 0 Å². The van der Waals surface area contributed by atoms with E-state index in [9.17, 15) is 0 Å². The van der Waals surface area contributed by atoms with Gasteiger partial charge in [-0.2, -0.15) is 0 Å². The molecule has 0 radical (unpaired) electrons. The minimum Gasteiger partial charge on any atom is -0.512 e. The monoisotopic (exact) mass is 178 g/mol. The van der Waals surface area contributed by atoms with Crippen LogP contribution < -0.4 is 4.65 Å². The maximum absolute atomic E-state index is 9.14. The van der Waals surface area contributed by atoms with Crippen LogP contribution in [0, 0.1) is 0 Å². The summed E-state index contributed by atoms with van der Waals surface area (Å²) in [4.78, 5) is 0. The Hall–Kier alpha value is -1.26. The first-order chi connectivity index (χ1) is 6.33. The highest BCUT2D eigenvalue weighted by Gasteiger charge is 2.16. The average molecular weight is 178 g/mol. The van der Waals surface area contributed by atoms with Gasteiger partial charge in [-0.15, -0.1) is 6.58 Å². The van der Waals surface area contributed by atoms with Crippen molar-refractivity contribution in [2.24, 2.45) is 0 Å². The predicted molar refractivity (Wildman–Crippen MR) is 51.2 cm³/mol. The van der Waals surface area contributed by atoms with E-state index >= 15 is 0 Å². The maximum Gasteiger partial charge on any atom is 0.710 e. The first kappa shape index (κ1) is 9.83. The fourth-order valence-electron chi connectivity index (χ4n) is 0.800. The van der Waals surface area contributed by atoms with E-state index in [-0.39, 0.29) is 6.61 Å². The zero-order valence-electron chi connectivity index (χ0n) is 7.22. The van der Waals surface area contributed by atoms with E-state index in [1.165, 1.54) is 6.08 Å². The number of hydrogen-bond acceptors (Lipinski definition) is 3. The van der Waals surface area contributed by atoms with E-state index in [4.69, 9.17) is 14.3 Å². The summed E-state index contributed by atoms with van der Waals surface area (Å²) in [6.07, 6.45) is 1.54. The van der Waals surface area contributed by atoms with Gasteiger partial charge >= 0.3 is 7.32 Å². The molecule has 0 saturated carbocycles. The molecule has 0 aromatic heterocycles. The van der Waals surface area contributed by atoms with Crippen LogP contribution in [-0.2, 0) is 4.65 Å². The Labute approximate surface area is 77.8 Å². The Bertz CT molecular complexity index is 250. The van der Waals surface area contributed by atoms with Gasteiger partial charge < -0.3 is 14.3 Å². The van der Waals surface area contributed by atoms with Crippen LogP contribution in [0.3, 0.4) is 0 Å². The van der Waals surface area contributed by atoms with E-state index in [1.54, 1.807) is 12.1 Å². The smallest absolute Gasteiger partial charge is 0.512 e. The molecular weight excluding hydrogens is 167 g/mol. The maximum atomic E-state index is 9.14. The van der Waals surface area contributed by atoms with Gasteiger partial charge in [-0.1, -0.05) is 24.3 Å². The van der Waals surface area contributed by atoms with Gasteiger partial charge in [0.2, 0.25) is 0 Å². The SMILES string of the molecule is C=CCOB(O)Oc1ccccc1. The second-order valence-electron chi connectivity index (χ2n) is 2.36. The van der Waals surface area contributed by atoms with E-state index in [0.717, 1.165) is 0 Å². The van der Waals surface area contributed by atoms with Gasteiger partial charge in [0.15, 0.2) is 0 Å². The van der Waals surface area contributed by atoms with Crippen LogP contribution in [0.25, 0.3) is 0 Å². The number of rotatable bonds is 5. The molecule has 0 heterocycles. The van der Waals surface area contributed by atoms with Gasteiger partial charge in [0.25, 0.3) is 0 Å². The van der Waals surface area contributed by atoms with Gasteiger partial charge in [0.1, 0.15) is 5.75 Å². The third-order valence-electron chi connectivity index (χ3n) is 1.34. The second kappa shape index (κ2) is 5.40. The van der Waals surface area contributed by atoms with Crippen LogP contribution in [-0.4, -0.2) is 19.0 Å². The number of para-hydroxylation sites is 1. The summed E-state index contributed by atoms with van der Waals surface area (Å²) in [5.41, 5.74) is 0. The van der Waals surface area contributed by atoms with Gasteiger partial charge in [0.05, 0.1) is 6.61 Å². The lowest BCUT2D eigenvalue weighted by molar-refractivity contribution is 0.215. The van der Waals surface area contributed by atoms with Crippen molar-refractivity contribution in [2.45, 2.75) is 0 Å². The molecule has 1 aromatic rings. The van der Waals surface area contributed by atoms with Crippen LogP contribution in [0.5, 0.6) is 5.75 Å². The van der Waals surface area contributed by atoms with Crippen molar-refractivity contribution in [3.05, 3.63) is 43.0 Å². The van der Waals surface area contributed by atoms with E-state index in [2.05, 4.69) is 6.58 Å². The summed E-state index contributed by atoms with van der Waals surface area (Å²) in [7, 11) is -1.24. The highest BCUT2D eigenvalue weighted by atomic mass is 16.7. The van der Waals surface area contributed by atoms with Gasteiger partial charge in [0, 0.05) is 0 Å². The van der Waals surface area contributed by atoms with Crippen LogP contribution in [0.1, 0.15) is 0 Å². The topological polar surface area (TPSA) is 38.7 Å². The van der Waals surface area contributed by atoms with Crippen LogP contribution in [0.15, 0.2) is 43.0 Å². The predicted octanol–water partition coefficient (Wildman–Crippen LogP) is 1.25. The van der Waals surface area contributed by atoms with Gasteiger partial charge in [-0.05, 0) is 12.1 Å². The standard InChI is InChI=1S/C9H11BO3/c1-2-8-12-10(11)13-9-6-4-3-5-7-9/h2-7,11H,1,8H2. The van der Waals surface area contributed by atoms with Crippen molar-refractivity contribution < 1.29 is 14.3 Å². The Morgan fingerprint density at radius 2 is 2.08 bits per heavy atom. The Morgan fingerprint density at radius 1 is 1.38 bits per heavy atom. The molecule has 1 rings (SSSR count). The van der Waals surface area contributed by atoms with Crippen LogP contribution >= 0.6 is 0 Å². The Balaban J connectivity index is 2.36. The molecule has 1 aromatic carbocycles. The molecule has 0 aliphatic heterocycles. The first-order valence-corrected chi connectivity index (χ1v) is 3.95. The largest absolute Gasteiger partial charge is 0.710 e. The molecule has 4 heteroatoms. The quantitative estimate of drug-likeness (QED) is 0.544. The number of hydrogen-bond donors (Lipinski definition) is 1. The molecule has 0 atom stereocenters. The summed E-state index contributed by atoms with van der Waals surface area (Å²) in [5, 5.41) is 9.14. The van der Waals surface area contributed by atoms with E-state index < -0.39 is 7.32 Å². The second-order valence-corrected chi connectivity index (χ2v) is 2.36. The molecule has 0 aliphatic rings. The molecule has 13 heavy (non-hydrogen) atoms. The molecule has 0 saturated heterocycles. The van der Waals surface area contributed by atoms with Crippen molar-refractivity contribution in [1.82, 2.24) is 0 Å². The van der Waals surface area contributed by atoms with Crippen molar-refractivity contribution in [2.75, 3.05) is 6.61 Å². The summed E-state index contributed by atoms with van der Waals surface area (Å²) < 4.78 is 9.81. The molecule has 3 nitrogen and oxygen atoms in total. The zero-order valence-corrected chi connectivity index (χ0v) is 7.22. The van der Waals surface area contributed by atoms with Crippen molar-refractivity contribution in [3.8, 4) is 5.75 Å². The Morgan fingerprint density at radius 3 is 2.69 bits per heavy atom. The normalized spacial score (nSPS) is 9.31. The highest BCUT2D eigenvalue weighted by molar-refractivity contribution is 6.35. The summed E-state index contributed by atoms with van der Waals surface area (Å²) in [6.45, 7) is 3.71. The fraction of sp³-hybridized carbons (Fsp3) is 0.111. The highest BCUT2D eigenvalue weighted by Crippen LogP contribution is 2.08. The summed E-state index contributed by atoms with van der Waals surface area (Å²) >= 11 is 0. The lowest BCUT2D eigenvalue weighted by Gasteiger charge is -2.07. The fourth-order valence-corrected chi connectivity index (χ4v) is 0.800. The molecular formula is C9H11BO3. The minimum absolute atomic E-state index is 0.258. The van der Waals surface area contributed by atoms with Crippen LogP contribution in [0.4, 0.5) is 0 Å². The number of benzene rings is 1. The zero-order chi connectivity index (χ0) is 9.52. The third-order valence-corrected chi connectivity index (χ3v) is 1.34. The molecule has 1 N–H and O–H groups in total. The molecule has 68 valence electrons.